The number of hydrogen-bond donors (Lipinski definition) is 1. The Hall–Kier alpha value is -1.52. The van der Waals surface area contributed by atoms with Gasteiger partial charge in [0.15, 0.2) is 0 Å². The normalized spacial score (nSPS) is 11.3. The number of benzene rings is 1. The fraction of sp³-hybridized carbons (Fsp3) is 0.125. The van der Waals surface area contributed by atoms with Crippen LogP contribution in [0.1, 0.15) is 15.9 Å². The van der Waals surface area contributed by atoms with Gasteiger partial charge in [0.1, 0.15) is 0 Å². The molecule has 0 fully saturated rings. The lowest BCUT2D eigenvalue weighted by Crippen LogP contribution is -2.13. The lowest BCUT2D eigenvalue weighted by atomic mass is 10.1. The lowest BCUT2D eigenvalue weighted by molar-refractivity contribution is -0.137. The van der Waals surface area contributed by atoms with E-state index in [-0.39, 0.29) is 5.56 Å². The van der Waals surface area contributed by atoms with Crippen LogP contribution in [-0.2, 0) is 6.18 Å². The molecule has 13 heavy (non-hydrogen) atoms. The van der Waals surface area contributed by atoms with E-state index in [1.54, 1.807) is 0 Å². The zero-order valence-corrected chi connectivity index (χ0v) is 6.35. The molecule has 0 aromatic heterocycles. The number of primary amides is 1. The van der Waals surface area contributed by atoms with Gasteiger partial charge in [-0.3, -0.25) is 4.79 Å². The van der Waals surface area contributed by atoms with Crippen LogP contribution < -0.4 is 5.73 Å². The van der Waals surface area contributed by atoms with Gasteiger partial charge in [0.2, 0.25) is 5.91 Å². The molecule has 0 aliphatic carbocycles. The maximum absolute atomic E-state index is 12.1. The molecule has 0 heterocycles. The molecule has 69 valence electrons. The summed E-state index contributed by atoms with van der Waals surface area (Å²) in [6, 6.07) is 4.76. The second-order valence-corrected chi connectivity index (χ2v) is 2.37. The molecule has 0 spiro atoms. The minimum absolute atomic E-state index is 0.199. The Labute approximate surface area is 72.2 Å². The van der Waals surface area contributed by atoms with Crippen molar-refractivity contribution in [2.45, 2.75) is 6.18 Å². The number of amides is 1. The maximum atomic E-state index is 12.1. The molecule has 0 saturated heterocycles. The Balaban J connectivity index is 3.13. The van der Waals surface area contributed by atoms with Crippen molar-refractivity contribution in [3.63, 3.8) is 0 Å². The molecule has 0 aliphatic rings. The van der Waals surface area contributed by atoms with Crippen molar-refractivity contribution in [1.29, 1.82) is 0 Å². The van der Waals surface area contributed by atoms with Crippen LogP contribution in [0, 0.1) is 6.07 Å². The van der Waals surface area contributed by atoms with Crippen molar-refractivity contribution in [3.05, 3.63) is 35.4 Å². The Morgan fingerprint density at radius 1 is 1.38 bits per heavy atom. The number of nitrogens with two attached hydrogens (primary N) is 1. The predicted octanol–water partition coefficient (Wildman–Crippen LogP) is 1.60. The third kappa shape index (κ3) is 2.21. The predicted molar refractivity (Wildman–Crippen MR) is 38.8 cm³/mol. The molecule has 0 unspecified atom stereocenters. The number of rotatable bonds is 1. The summed E-state index contributed by atoms with van der Waals surface area (Å²) in [6.07, 6.45) is -4.47. The molecule has 0 saturated carbocycles. The zero-order valence-electron chi connectivity index (χ0n) is 6.35. The van der Waals surface area contributed by atoms with Crippen LogP contribution in [0.5, 0.6) is 0 Å². The van der Waals surface area contributed by atoms with Crippen LogP contribution in [-0.4, -0.2) is 5.91 Å². The summed E-state index contributed by atoms with van der Waals surface area (Å²) < 4.78 is 36.2. The van der Waals surface area contributed by atoms with Crippen LogP contribution in [0.25, 0.3) is 0 Å². The molecule has 2 N–H and O–H groups in total. The van der Waals surface area contributed by atoms with E-state index in [1.807, 2.05) is 0 Å². The number of hydrogen-bond acceptors (Lipinski definition) is 1. The second-order valence-electron chi connectivity index (χ2n) is 2.37. The minimum atomic E-state index is -4.47. The highest BCUT2D eigenvalue weighted by molar-refractivity contribution is 5.92. The van der Waals surface area contributed by atoms with Crippen molar-refractivity contribution in [3.8, 4) is 0 Å². The van der Waals surface area contributed by atoms with Crippen LogP contribution in [0.3, 0.4) is 0 Å². The van der Waals surface area contributed by atoms with Gasteiger partial charge in [0.25, 0.3) is 0 Å². The topological polar surface area (TPSA) is 43.1 Å². The molecule has 1 radical (unpaired) electrons. The Kier molecular flexibility index (Phi) is 2.27. The molecule has 2 nitrogen and oxygen atoms in total. The fourth-order valence-corrected chi connectivity index (χ4v) is 0.778. The first-order chi connectivity index (χ1) is 5.91. The third-order valence-electron chi connectivity index (χ3n) is 1.40. The summed E-state index contributed by atoms with van der Waals surface area (Å²) in [6.45, 7) is 0. The molecule has 0 aliphatic heterocycles. The van der Waals surface area contributed by atoms with Crippen molar-refractivity contribution in [1.82, 2.24) is 0 Å². The quantitative estimate of drug-likeness (QED) is 0.714. The Bertz CT molecular complexity index is 332. The standard InChI is InChI=1S/C8H5F3NO/c9-8(10,11)6-3-1-2-5(4-6)7(12)13/h2-4H,(H2,12,13). The zero-order chi connectivity index (χ0) is 10.1. The molecule has 1 rings (SSSR count). The SMILES string of the molecule is NC(=O)c1c[c]cc(C(F)(F)F)c1. The van der Waals surface area contributed by atoms with E-state index >= 15 is 0 Å². The van der Waals surface area contributed by atoms with Crippen molar-refractivity contribution in [2.75, 3.05) is 0 Å². The van der Waals surface area contributed by atoms with Gasteiger partial charge in [-0.15, -0.1) is 0 Å². The van der Waals surface area contributed by atoms with Crippen LogP contribution in [0.4, 0.5) is 13.2 Å². The highest BCUT2D eigenvalue weighted by Crippen LogP contribution is 2.29. The van der Waals surface area contributed by atoms with Gasteiger partial charge in [-0.25, -0.2) is 0 Å². The highest BCUT2D eigenvalue weighted by atomic mass is 19.4. The largest absolute Gasteiger partial charge is 0.416 e. The van der Waals surface area contributed by atoms with E-state index in [0.29, 0.717) is 6.07 Å². The molecule has 1 aromatic carbocycles. The molecule has 0 atom stereocenters. The number of halogens is 3. The number of carbonyl (C=O) groups excluding carboxylic acids is 1. The highest BCUT2D eigenvalue weighted by Gasteiger charge is 2.30. The summed E-state index contributed by atoms with van der Waals surface area (Å²) in [4.78, 5) is 10.5. The minimum Gasteiger partial charge on any atom is -0.366 e. The maximum Gasteiger partial charge on any atom is 0.416 e. The van der Waals surface area contributed by atoms with Crippen LogP contribution >= 0.6 is 0 Å². The number of carbonyl (C=O) groups is 1. The monoisotopic (exact) mass is 188 g/mol. The molecular weight excluding hydrogens is 183 g/mol. The third-order valence-corrected chi connectivity index (χ3v) is 1.40. The van der Waals surface area contributed by atoms with Crippen molar-refractivity contribution in [2.24, 2.45) is 5.73 Å². The summed E-state index contributed by atoms with van der Waals surface area (Å²) >= 11 is 0. The summed E-state index contributed by atoms with van der Waals surface area (Å²) in [5.41, 5.74) is 3.67. The van der Waals surface area contributed by atoms with Crippen LogP contribution in [0.15, 0.2) is 18.2 Å². The average molecular weight is 188 g/mol. The molecule has 0 bridgehead atoms. The van der Waals surface area contributed by atoms with Gasteiger partial charge < -0.3 is 5.73 Å². The smallest absolute Gasteiger partial charge is 0.366 e. The van der Waals surface area contributed by atoms with Gasteiger partial charge in [-0.2, -0.15) is 13.2 Å². The first-order valence-corrected chi connectivity index (χ1v) is 3.29. The van der Waals surface area contributed by atoms with Gasteiger partial charge in [0.05, 0.1) is 5.56 Å². The van der Waals surface area contributed by atoms with Gasteiger partial charge >= 0.3 is 6.18 Å². The van der Waals surface area contributed by atoms with E-state index < -0.39 is 17.6 Å². The van der Waals surface area contributed by atoms with Crippen molar-refractivity contribution >= 4 is 5.91 Å². The summed E-state index contributed by atoms with van der Waals surface area (Å²) in [5.74, 6) is -0.901. The Morgan fingerprint density at radius 3 is 2.46 bits per heavy atom. The molecule has 1 amide bonds. The Morgan fingerprint density at radius 2 is 2.00 bits per heavy atom. The molecule has 5 heteroatoms. The van der Waals surface area contributed by atoms with Crippen molar-refractivity contribution < 1.29 is 18.0 Å². The lowest BCUT2D eigenvalue weighted by Gasteiger charge is -2.06. The van der Waals surface area contributed by atoms with E-state index in [1.165, 1.54) is 0 Å². The summed E-state index contributed by atoms with van der Waals surface area (Å²) in [7, 11) is 0. The second kappa shape index (κ2) is 3.08. The number of alkyl halides is 3. The van der Waals surface area contributed by atoms with E-state index in [2.05, 4.69) is 6.07 Å². The van der Waals surface area contributed by atoms with E-state index in [0.717, 1.165) is 12.1 Å². The fourth-order valence-electron chi connectivity index (χ4n) is 0.778. The van der Waals surface area contributed by atoms with E-state index in [4.69, 9.17) is 5.73 Å². The van der Waals surface area contributed by atoms with Gasteiger partial charge in [0, 0.05) is 5.56 Å². The van der Waals surface area contributed by atoms with Gasteiger partial charge in [-0.05, 0) is 24.3 Å². The molecule has 1 aromatic rings. The molecular formula is C8H5F3NO. The summed E-state index contributed by atoms with van der Waals surface area (Å²) in [5, 5.41) is 0. The van der Waals surface area contributed by atoms with Crippen LogP contribution in [0.2, 0.25) is 0 Å². The average Bonchev–Trinajstić information content (AvgIpc) is 2.03. The first kappa shape index (κ1) is 9.57. The van der Waals surface area contributed by atoms with E-state index in [9.17, 15) is 18.0 Å². The first-order valence-electron chi connectivity index (χ1n) is 3.29. The van der Waals surface area contributed by atoms with Gasteiger partial charge in [-0.1, -0.05) is 0 Å².